The lowest BCUT2D eigenvalue weighted by molar-refractivity contribution is 0.306. The van der Waals surface area contributed by atoms with Gasteiger partial charge in [-0.05, 0) is 47.9 Å². The molecular formula is C23H18O3. The number of fused-ring (bicyclic) bond motifs is 1. The van der Waals surface area contributed by atoms with Crippen LogP contribution in [0, 0.1) is 6.92 Å². The molecule has 0 radical (unpaired) electrons. The maximum absolute atomic E-state index is 11.4. The molecule has 0 aliphatic rings. The van der Waals surface area contributed by atoms with Crippen molar-refractivity contribution >= 4 is 11.0 Å². The Morgan fingerprint density at radius 2 is 1.65 bits per heavy atom. The monoisotopic (exact) mass is 342 g/mol. The van der Waals surface area contributed by atoms with Crippen molar-refractivity contribution < 1.29 is 9.15 Å². The SMILES string of the molecule is Cc1ccc(-c2cccc(COc3ccc4ccc(=O)oc4c3)c2)cc1. The number of ether oxygens (including phenoxy) is 1. The van der Waals surface area contributed by atoms with Gasteiger partial charge in [-0.25, -0.2) is 4.79 Å². The van der Waals surface area contributed by atoms with Gasteiger partial charge in [0.2, 0.25) is 0 Å². The topological polar surface area (TPSA) is 39.4 Å². The second kappa shape index (κ2) is 6.89. The highest BCUT2D eigenvalue weighted by atomic mass is 16.5. The lowest BCUT2D eigenvalue weighted by Gasteiger charge is -2.09. The Balaban J connectivity index is 1.53. The zero-order valence-electron chi connectivity index (χ0n) is 14.4. The van der Waals surface area contributed by atoms with E-state index in [1.807, 2.05) is 24.3 Å². The fraction of sp³-hybridized carbons (Fsp3) is 0.0870. The predicted molar refractivity (Wildman–Crippen MR) is 103 cm³/mol. The Labute approximate surface area is 151 Å². The molecule has 1 heterocycles. The second-order valence-corrected chi connectivity index (χ2v) is 6.31. The molecule has 0 aliphatic heterocycles. The predicted octanol–water partition coefficient (Wildman–Crippen LogP) is 5.35. The molecule has 0 unspecified atom stereocenters. The van der Waals surface area contributed by atoms with Crippen molar-refractivity contribution in [1.29, 1.82) is 0 Å². The molecule has 0 atom stereocenters. The molecule has 0 saturated heterocycles. The number of benzene rings is 3. The molecule has 0 spiro atoms. The summed E-state index contributed by atoms with van der Waals surface area (Å²) in [5, 5.41) is 0.873. The summed E-state index contributed by atoms with van der Waals surface area (Å²) >= 11 is 0. The van der Waals surface area contributed by atoms with Gasteiger partial charge < -0.3 is 9.15 Å². The normalized spacial score (nSPS) is 10.8. The Bertz CT molecular complexity index is 1110. The van der Waals surface area contributed by atoms with Crippen molar-refractivity contribution in [2.45, 2.75) is 13.5 Å². The molecule has 4 rings (SSSR count). The van der Waals surface area contributed by atoms with Crippen molar-refractivity contribution in [2.75, 3.05) is 0 Å². The molecule has 3 nitrogen and oxygen atoms in total. The van der Waals surface area contributed by atoms with E-state index in [-0.39, 0.29) is 5.63 Å². The summed E-state index contributed by atoms with van der Waals surface area (Å²) < 4.78 is 11.1. The molecule has 0 amide bonds. The minimum Gasteiger partial charge on any atom is -0.489 e. The van der Waals surface area contributed by atoms with E-state index in [2.05, 4.69) is 43.3 Å². The maximum atomic E-state index is 11.4. The molecule has 26 heavy (non-hydrogen) atoms. The third-order valence-electron chi connectivity index (χ3n) is 4.31. The summed E-state index contributed by atoms with van der Waals surface area (Å²) in [6.45, 7) is 2.53. The van der Waals surface area contributed by atoms with E-state index in [4.69, 9.17) is 9.15 Å². The smallest absolute Gasteiger partial charge is 0.336 e. The Morgan fingerprint density at radius 3 is 2.50 bits per heavy atom. The summed E-state index contributed by atoms with van der Waals surface area (Å²) in [4.78, 5) is 11.4. The van der Waals surface area contributed by atoms with E-state index >= 15 is 0 Å². The quantitative estimate of drug-likeness (QED) is 0.470. The highest BCUT2D eigenvalue weighted by Gasteiger charge is 2.03. The van der Waals surface area contributed by atoms with Gasteiger partial charge in [-0.1, -0.05) is 48.0 Å². The first-order valence-electron chi connectivity index (χ1n) is 8.50. The maximum Gasteiger partial charge on any atom is 0.336 e. The lowest BCUT2D eigenvalue weighted by atomic mass is 10.0. The van der Waals surface area contributed by atoms with Gasteiger partial charge >= 0.3 is 5.63 Å². The first-order valence-corrected chi connectivity index (χ1v) is 8.50. The molecule has 0 N–H and O–H groups in total. The molecule has 3 heteroatoms. The first-order chi connectivity index (χ1) is 12.7. The summed E-state index contributed by atoms with van der Waals surface area (Å²) in [7, 11) is 0. The van der Waals surface area contributed by atoms with Crippen molar-refractivity contribution in [3.63, 3.8) is 0 Å². The number of aryl methyl sites for hydroxylation is 1. The van der Waals surface area contributed by atoms with Gasteiger partial charge in [-0.15, -0.1) is 0 Å². The first kappa shape index (κ1) is 16.2. The summed E-state index contributed by atoms with van der Waals surface area (Å²) in [5.74, 6) is 0.674. The van der Waals surface area contributed by atoms with Crippen LogP contribution in [0.25, 0.3) is 22.1 Å². The Kier molecular flexibility index (Phi) is 4.28. The van der Waals surface area contributed by atoms with Crippen LogP contribution in [-0.2, 0) is 6.61 Å². The molecule has 0 bridgehead atoms. The van der Waals surface area contributed by atoms with Crippen LogP contribution in [0.15, 0.2) is 88.1 Å². The Morgan fingerprint density at radius 1 is 0.846 bits per heavy atom. The number of rotatable bonds is 4. The van der Waals surface area contributed by atoms with Gasteiger partial charge in [-0.2, -0.15) is 0 Å². The molecule has 1 aromatic heterocycles. The van der Waals surface area contributed by atoms with Gasteiger partial charge in [0.15, 0.2) is 0 Å². The third-order valence-corrected chi connectivity index (χ3v) is 4.31. The zero-order chi connectivity index (χ0) is 17.9. The third kappa shape index (κ3) is 3.52. The van der Waals surface area contributed by atoms with Gasteiger partial charge in [-0.3, -0.25) is 0 Å². The van der Waals surface area contributed by atoms with Crippen molar-refractivity contribution in [1.82, 2.24) is 0 Å². The lowest BCUT2D eigenvalue weighted by Crippen LogP contribution is -1.97. The standard InChI is InChI=1S/C23H18O3/c1-16-5-7-18(8-6-16)20-4-2-3-17(13-20)15-25-21-11-9-19-10-12-23(24)26-22(19)14-21/h2-14H,15H2,1H3. The molecule has 3 aromatic carbocycles. The van der Waals surface area contributed by atoms with E-state index < -0.39 is 0 Å². The fourth-order valence-electron chi connectivity index (χ4n) is 2.88. The van der Waals surface area contributed by atoms with E-state index in [1.54, 1.807) is 12.1 Å². The van der Waals surface area contributed by atoms with E-state index in [0.29, 0.717) is 17.9 Å². The molecule has 0 fully saturated rings. The van der Waals surface area contributed by atoms with E-state index in [1.165, 1.54) is 17.2 Å². The molecule has 4 aromatic rings. The minimum atomic E-state index is -0.361. The summed E-state index contributed by atoms with van der Waals surface area (Å²) in [6, 6.07) is 25.5. The molecular weight excluding hydrogens is 324 g/mol. The van der Waals surface area contributed by atoms with Gasteiger partial charge in [0.05, 0.1) is 0 Å². The largest absolute Gasteiger partial charge is 0.489 e. The highest BCUT2D eigenvalue weighted by Crippen LogP contribution is 2.23. The van der Waals surface area contributed by atoms with Crippen LogP contribution in [0.2, 0.25) is 0 Å². The molecule has 0 aliphatic carbocycles. The zero-order valence-corrected chi connectivity index (χ0v) is 14.4. The van der Waals surface area contributed by atoms with Crippen molar-refractivity contribution in [3.05, 3.63) is 100 Å². The second-order valence-electron chi connectivity index (χ2n) is 6.31. The van der Waals surface area contributed by atoms with Crippen molar-refractivity contribution in [2.24, 2.45) is 0 Å². The van der Waals surface area contributed by atoms with Crippen LogP contribution < -0.4 is 10.4 Å². The van der Waals surface area contributed by atoms with Crippen LogP contribution in [0.1, 0.15) is 11.1 Å². The van der Waals surface area contributed by atoms with Gasteiger partial charge in [0.1, 0.15) is 17.9 Å². The molecule has 128 valence electrons. The molecule has 0 saturated carbocycles. The minimum absolute atomic E-state index is 0.361. The van der Waals surface area contributed by atoms with Crippen LogP contribution in [0.4, 0.5) is 0 Å². The van der Waals surface area contributed by atoms with E-state index in [0.717, 1.165) is 16.5 Å². The Hall–Kier alpha value is -3.33. The summed E-state index contributed by atoms with van der Waals surface area (Å²) in [6.07, 6.45) is 0. The average molecular weight is 342 g/mol. The van der Waals surface area contributed by atoms with E-state index in [9.17, 15) is 4.79 Å². The highest BCUT2D eigenvalue weighted by molar-refractivity contribution is 5.77. The van der Waals surface area contributed by atoms with Crippen LogP contribution in [0.3, 0.4) is 0 Å². The van der Waals surface area contributed by atoms with Crippen LogP contribution in [0.5, 0.6) is 5.75 Å². The fourth-order valence-corrected chi connectivity index (χ4v) is 2.88. The van der Waals surface area contributed by atoms with Gasteiger partial charge in [0, 0.05) is 17.5 Å². The van der Waals surface area contributed by atoms with Gasteiger partial charge in [0.25, 0.3) is 0 Å². The average Bonchev–Trinajstić information content (AvgIpc) is 2.67. The van der Waals surface area contributed by atoms with Crippen molar-refractivity contribution in [3.8, 4) is 16.9 Å². The van der Waals surface area contributed by atoms with Crippen LogP contribution >= 0.6 is 0 Å². The van der Waals surface area contributed by atoms with Crippen LogP contribution in [-0.4, -0.2) is 0 Å². The number of hydrogen-bond donors (Lipinski definition) is 0. The summed E-state index contributed by atoms with van der Waals surface area (Å²) in [5.41, 5.74) is 4.85. The number of hydrogen-bond acceptors (Lipinski definition) is 3.